The number of aliphatic hydroxyl groups is 1. The molecule has 2 aliphatic heterocycles. The molecule has 1 N–H and O–H groups in total. The van der Waals surface area contributed by atoms with Gasteiger partial charge >= 0.3 is 0 Å². The SMILES string of the molecule is COc1c(C)cc(C)cc1CN1CCCC12CCCN(CCO)C2=O. The van der Waals surface area contributed by atoms with Gasteiger partial charge < -0.3 is 14.7 Å². The standard InChI is InChI=1S/C20H30N2O3/c1-15-12-16(2)18(25-3)17(13-15)14-22-9-5-7-20(22)6-4-8-21(10-11-23)19(20)24/h12-13,23H,4-11,14H2,1-3H3. The summed E-state index contributed by atoms with van der Waals surface area (Å²) >= 11 is 0. The van der Waals surface area contributed by atoms with Crippen LogP contribution in [0.15, 0.2) is 12.1 Å². The molecule has 1 spiro atoms. The number of methoxy groups -OCH3 is 1. The van der Waals surface area contributed by atoms with Gasteiger partial charge in [-0.15, -0.1) is 0 Å². The Morgan fingerprint density at radius 3 is 2.60 bits per heavy atom. The predicted molar refractivity (Wildman–Crippen MR) is 97.7 cm³/mol. The van der Waals surface area contributed by atoms with E-state index in [-0.39, 0.29) is 12.5 Å². The fraction of sp³-hybridized carbons (Fsp3) is 0.650. The minimum atomic E-state index is -0.393. The van der Waals surface area contributed by atoms with Crippen molar-refractivity contribution in [2.24, 2.45) is 0 Å². The van der Waals surface area contributed by atoms with Crippen LogP contribution < -0.4 is 4.74 Å². The number of β-amino-alcohol motifs (C(OH)–C–C–N with tert-alkyl or cyclic N) is 1. The summed E-state index contributed by atoms with van der Waals surface area (Å²) in [6.07, 6.45) is 3.89. The van der Waals surface area contributed by atoms with Gasteiger partial charge in [-0.3, -0.25) is 9.69 Å². The Hall–Kier alpha value is -1.59. The molecular weight excluding hydrogens is 316 g/mol. The molecule has 3 rings (SSSR count). The van der Waals surface area contributed by atoms with Crippen molar-refractivity contribution in [2.75, 3.05) is 33.4 Å². The van der Waals surface area contributed by atoms with Gasteiger partial charge in [0.15, 0.2) is 0 Å². The summed E-state index contributed by atoms with van der Waals surface area (Å²) < 4.78 is 5.65. The Bertz CT molecular complexity index is 644. The third-order valence-corrected chi connectivity index (χ3v) is 5.76. The molecule has 5 heteroatoms. The average molecular weight is 346 g/mol. The Morgan fingerprint density at radius 2 is 1.92 bits per heavy atom. The molecule has 0 aliphatic carbocycles. The maximum absolute atomic E-state index is 13.2. The van der Waals surface area contributed by atoms with Crippen molar-refractivity contribution < 1.29 is 14.6 Å². The van der Waals surface area contributed by atoms with Crippen LogP contribution in [0.3, 0.4) is 0 Å². The Labute approximate surface area is 150 Å². The van der Waals surface area contributed by atoms with E-state index in [1.54, 1.807) is 7.11 Å². The van der Waals surface area contributed by atoms with Crippen LogP contribution in [0.25, 0.3) is 0 Å². The van der Waals surface area contributed by atoms with Gasteiger partial charge in [-0.25, -0.2) is 0 Å². The fourth-order valence-electron chi connectivity index (χ4n) is 4.75. The second-order valence-electron chi connectivity index (χ2n) is 7.45. The maximum atomic E-state index is 13.2. The summed E-state index contributed by atoms with van der Waals surface area (Å²) in [4.78, 5) is 17.4. The van der Waals surface area contributed by atoms with Crippen molar-refractivity contribution in [3.05, 3.63) is 28.8 Å². The highest BCUT2D eigenvalue weighted by molar-refractivity contribution is 5.87. The van der Waals surface area contributed by atoms with Crippen molar-refractivity contribution in [3.63, 3.8) is 0 Å². The van der Waals surface area contributed by atoms with Gasteiger partial charge in [-0.1, -0.05) is 17.7 Å². The van der Waals surface area contributed by atoms with Crippen LogP contribution in [0, 0.1) is 13.8 Å². The Kier molecular flexibility index (Phi) is 5.35. The number of benzene rings is 1. The zero-order valence-electron chi connectivity index (χ0n) is 15.7. The van der Waals surface area contributed by atoms with Crippen LogP contribution in [0.4, 0.5) is 0 Å². The number of carbonyl (C=O) groups excluding carboxylic acids is 1. The topological polar surface area (TPSA) is 53.0 Å². The van der Waals surface area contributed by atoms with Gasteiger partial charge in [0.1, 0.15) is 11.3 Å². The maximum Gasteiger partial charge on any atom is 0.243 e. The minimum absolute atomic E-state index is 0.0344. The minimum Gasteiger partial charge on any atom is -0.496 e. The summed E-state index contributed by atoms with van der Waals surface area (Å²) in [6, 6.07) is 4.31. The smallest absolute Gasteiger partial charge is 0.243 e. The van der Waals surface area contributed by atoms with Gasteiger partial charge in [0.25, 0.3) is 0 Å². The summed E-state index contributed by atoms with van der Waals surface area (Å²) in [7, 11) is 1.72. The quantitative estimate of drug-likeness (QED) is 0.889. The monoisotopic (exact) mass is 346 g/mol. The van der Waals surface area contributed by atoms with Crippen molar-refractivity contribution in [2.45, 2.75) is 51.6 Å². The molecule has 2 heterocycles. The van der Waals surface area contributed by atoms with E-state index in [1.807, 2.05) is 4.90 Å². The number of amides is 1. The van der Waals surface area contributed by atoms with E-state index in [0.29, 0.717) is 6.54 Å². The fourth-order valence-corrected chi connectivity index (χ4v) is 4.75. The predicted octanol–water partition coefficient (Wildman–Crippen LogP) is 2.26. The molecule has 0 bridgehead atoms. The molecule has 0 radical (unpaired) electrons. The van der Waals surface area contributed by atoms with Gasteiger partial charge in [0.05, 0.1) is 13.7 Å². The number of hydrogen-bond acceptors (Lipinski definition) is 4. The van der Waals surface area contributed by atoms with Crippen LogP contribution >= 0.6 is 0 Å². The summed E-state index contributed by atoms with van der Waals surface area (Å²) in [6.45, 7) is 7.10. The lowest BCUT2D eigenvalue weighted by molar-refractivity contribution is -0.148. The number of ether oxygens (including phenoxy) is 1. The number of nitrogens with zero attached hydrogens (tertiary/aromatic N) is 2. The average Bonchev–Trinajstić information content (AvgIpc) is 2.95. The number of aryl methyl sites for hydroxylation is 2. The van der Waals surface area contributed by atoms with Crippen molar-refractivity contribution in [3.8, 4) is 5.75 Å². The molecule has 0 aromatic heterocycles. The van der Waals surface area contributed by atoms with Gasteiger partial charge in [0.2, 0.25) is 5.91 Å². The first-order chi connectivity index (χ1) is 12.0. The highest BCUT2D eigenvalue weighted by Gasteiger charge is 2.50. The molecule has 0 saturated carbocycles. The van der Waals surface area contributed by atoms with Crippen LogP contribution in [0.1, 0.15) is 42.4 Å². The molecule has 138 valence electrons. The van der Waals surface area contributed by atoms with Crippen molar-refractivity contribution in [1.82, 2.24) is 9.80 Å². The molecule has 1 aromatic carbocycles. The summed E-state index contributed by atoms with van der Waals surface area (Å²) in [5.41, 5.74) is 3.13. The molecule has 2 fully saturated rings. The normalized spacial score (nSPS) is 24.3. The number of rotatable bonds is 5. The third-order valence-electron chi connectivity index (χ3n) is 5.76. The molecule has 2 saturated heterocycles. The summed E-state index contributed by atoms with van der Waals surface area (Å²) in [5, 5.41) is 9.27. The van der Waals surface area contributed by atoms with Gasteiger partial charge in [-0.2, -0.15) is 0 Å². The number of aliphatic hydroxyl groups excluding tert-OH is 1. The molecule has 5 nitrogen and oxygen atoms in total. The van der Waals surface area contributed by atoms with Gasteiger partial charge in [-0.05, 0) is 51.6 Å². The summed E-state index contributed by atoms with van der Waals surface area (Å²) in [5.74, 6) is 1.14. The number of hydrogen-bond donors (Lipinski definition) is 1. The van der Waals surface area contributed by atoms with E-state index in [2.05, 4.69) is 30.9 Å². The highest BCUT2D eigenvalue weighted by Crippen LogP contribution is 2.40. The molecule has 1 amide bonds. The first-order valence-electron chi connectivity index (χ1n) is 9.31. The third kappa shape index (κ3) is 3.27. The van der Waals surface area contributed by atoms with Crippen LogP contribution in [-0.4, -0.2) is 59.7 Å². The van der Waals surface area contributed by atoms with Crippen molar-refractivity contribution >= 4 is 5.91 Å². The van der Waals surface area contributed by atoms with E-state index >= 15 is 0 Å². The van der Waals surface area contributed by atoms with Crippen molar-refractivity contribution in [1.29, 1.82) is 0 Å². The molecule has 1 aromatic rings. The molecule has 25 heavy (non-hydrogen) atoms. The van der Waals surface area contributed by atoms with E-state index in [1.165, 1.54) is 5.56 Å². The van der Waals surface area contributed by atoms with E-state index < -0.39 is 5.54 Å². The molecule has 1 atom stereocenters. The lowest BCUT2D eigenvalue weighted by Crippen LogP contribution is -2.60. The first kappa shape index (κ1) is 18.2. The Morgan fingerprint density at radius 1 is 1.20 bits per heavy atom. The van der Waals surface area contributed by atoms with E-state index in [4.69, 9.17) is 4.74 Å². The second kappa shape index (κ2) is 7.34. The highest BCUT2D eigenvalue weighted by atomic mass is 16.5. The van der Waals surface area contributed by atoms with Crippen LogP contribution in [-0.2, 0) is 11.3 Å². The zero-order chi connectivity index (χ0) is 18.0. The number of piperidine rings is 1. The lowest BCUT2D eigenvalue weighted by Gasteiger charge is -2.44. The number of carbonyl (C=O) groups is 1. The lowest BCUT2D eigenvalue weighted by atomic mass is 9.85. The molecular formula is C20H30N2O3. The van der Waals surface area contributed by atoms with E-state index in [9.17, 15) is 9.90 Å². The largest absolute Gasteiger partial charge is 0.496 e. The van der Waals surface area contributed by atoms with Gasteiger partial charge in [0, 0.05) is 25.2 Å². The second-order valence-corrected chi connectivity index (χ2v) is 7.45. The van der Waals surface area contributed by atoms with Crippen LogP contribution in [0.5, 0.6) is 5.75 Å². The van der Waals surface area contributed by atoms with E-state index in [0.717, 1.165) is 62.2 Å². The van der Waals surface area contributed by atoms with Crippen LogP contribution in [0.2, 0.25) is 0 Å². The molecule has 2 aliphatic rings. The first-order valence-corrected chi connectivity index (χ1v) is 9.31. The zero-order valence-corrected chi connectivity index (χ0v) is 15.7. The molecule has 1 unspecified atom stereocenters. The Balaban J connectivity index is 1.89. The number of likely N-dealkylation sites (tertiary alicyclic amines) is 2.